The second-order valence-corrected chi connectivity index (χ2v) is 3.39. The van der Waals surface area contributed by atoms with Gasteiger partial charge in [-0.15, -0.1) is 0 Å². The maximum atomic E-state index is 9.78. The van der Waals surface area contributed by atoms with Gasteiger partial charge in [-0.25, -0.2) is 0 Å². The van der Waals surface area contributed by atoms with Crippen molar-refractivity contribution in [3.63, 3.8) is 0 Å². The van der Waals surface area contributed by atoms with Crippen molar-refractivity contribution in [1.29, 1.82) is 5.26 Å². The molecule has 0 aromatic heterocycles. The molecule has 0 aliphatic heterocycles. The minimum Gasteiger partial charge on any atom is -0.375 e. The first-order valence-electron chi connectivity index (χ1n) is 4.36. The fourth-order valence-electron chi connectivity index (χ4n) is 1.92. The zero-order chi connectivity index (χ0) is 8.32. The van der Waals surface area contributed by atoms with Gasteiger partial charge in [-0.2, -0.15) is 5.26 Å². The molecule has 0 saturated heterocycles. The molecule has 1 saturated carbocycles. The molecule has 0 bridgehead atoms. The molecule has 11 heavy (non-hydrogen) atoms. The third-order valence-electron chi connectivity index (χ3n) is 2.72. The third-order valence-corrected chi connectivity index (χ3v) is 2.72. The van der Waals surface area contributed by atoms with E-state index in [0.29, 0.717) is 6.42 Å². The number of hydrogen-bond acceptors (Lipinski definition) is 2. The van der Waals surface area contributed by atoms with Crippen molar-refractivity contribution < 1.29 is 5.11 Å². The van der Waals surface area contributed by atoms with E-state index in [9.17, 15) is 5.11 Å². The van der Waals surface area contributed by atoms with Crippen LogP contribution in [0.3, 0.4) is 0 Å². The summed E-state index contributed by atoms with van der Waals surface area (Å²) < 4.78 is 0. The average molecular weight is 153 g/mol. The van der Waals surface area contributed by atoms with Crippen LogP contribution in [-0.2, 0) is 0 Å². The molecule has 0 radical (unpaired) electrons. The van der Waals surface area contributed by atoms with Crippen LogP contribution >= 0.6 is 0 Å². The summed E-state index contributed by atoms with van der Waals surface area (Å²) in [6.45, 7) is 2.04. The van der Waals surface area contributed by atoms with Crippen LogP contribution in [0.5, 0.6) is 0 Å². The van der Waals surface area contributed by atoms with Gasteiger partial charge < -0.3 is 5.11 Å². The minimum atomic E-state index is -1.01. The summed E-state index contributed by atoms with van der Waals surface area (Å²) >= 11 is 0. The molecule has 1 aliphatic carbocycles. The molecule has 0 unspecified atom stereocenters. The smallest absolute Gasteiger partial charge is 0.153 e. The van der Waals surface area contributed by atoms with E-state index in [1.807, 2.05) is 13.0 Å². The van der Waals surface area contributed by atoms with Crippen molar-refractivity contribution in [1.82, 2.24) is 0 Å². The van der Waals surface area contributed by atoms with Gasteiger partial charge in [-0.05, 0) is 25.7 Å². The molecule has 0 aromatic rings. The van der Waals surface area contributed by atoms with E-state index in [4.69, 9.17) is 5.26 Å². The first-order chi connectivity index (χ1) is 5.23. The lowest BCUT2D eigenvalue weighted by molar-refractivity contribution is 0.000846. The maximum absolute atomic E-state index is 9.78. The zero-order valence-electron chi connectivity index (χ0n) is 7.01. The standard InChI is InChI=1S/C9H15NO/c1-2-8-5-3-4-6-9(8,11)7-10/h8,11H,2-6H2,1H3/t8-,9+/m1/s1. The molecular formula is C9H15NO. The summed E-state index contributed by atoms with van der Waals surface area (Å²) in [5, 5.41) is 18.5. The normalized spacial score (nSPS) is 38.1. The van der Waals surface area contributed by atoms with Gasteiger partial charge in [0.2, 0.25) is 0 Å². The van der Waals surface area contributed by atoms with Crippen LogP contribution in [-0.4, -0.2) is 10.7 Å². The highest BCUT2D eigenvalue weighted by Crippen LogP contribution is 2.35. The van der Waals surface area contributed by atoms with E-state index in [0.717, 1.165) is 19.3 Å². The second-order valence-electron chi connectivity index (χ2n) is 3.39. The fourth-order valence-corrected chi connectivity index (χ4v) is 1.92. The Bertz CT molecular complexity index is 173. The Morgan fingerprint density at radius 3 is 2.82 bits per heavy atom. The minimum absolute atomic E-state index is 0.209. The van der Waals surface area contributed by atoms with Crippen LogP contribution in [0.1, 0.15) is 39.0 Å². The van der Waals surface area contributed by atoms with Gasteiger partial charge in [-0.1, -0.05) is 13.3 Å². The Hall–Kier alpha value is -0.550. The molecule has 1 aliphatic rings. The highest BCUT2D eigenvalue weighted by atomic mass is 16.3. The number of nitrogens with zero attached hydrogens (tertiary/aromatic N) is 1. The monoisotopic (exact) mass is 153 g/mol. The molecule has 0 amide bonds. The van der Waals surface area contributed by atoms with Crippen molar-refractivity contribution in [2.24, 2.45) is 5.92 Å². The Balaban J connectivity index is 2.67. The third kappa shape index (κ3) is 1.54. The van der Waals surface area contributed by atoms with E-state index >= 15 is 0 Å². The molecule has 1 rings (SSSR count). The average Bonchev–Trinajstić information content (AvgIpc) is 2.05. The van der Waals surface area contributed by atoms with Crippen molar-refractivity contribution in [3.05, 3.63) is 0 Å². The van der Waals surface area contributed by atoms with Crippen LogP contribution in [0.4, 0.5) is 0 Å². The number of aliphatic hydroxyl groups is 1. The zero-order valence-corrected chi connectivity index (χ0v) is 7.01. The predicted octanol–water partition coefficient (Wildman–Crippen LogP) is 1.84. The van der Waals surface area contributed by atoms with E-state index in [-0.39, 0.29) is 5.92 Å². The molecule has 2 nitrogen and oxygen atoms in total. The second kappa shape index (κ2) is 3.23. The molecule has 2 atom stereocenters. The van der Waals surface area contributed by atoms with Crippen molar-refractivity contribution in [3.8, 4) is 6.07 Å². The number of rotatable bonds is 1. The van der Waals surface area contributed by atoms with Gasteiger partial charge in [0.15, 0.2) is 5.60 Å². The van der Waals surface area contributed by atoms with Crippen molar-refractivity contribution >= 4 is 0 Å². The Morgan fingerprint density at radius 2 is 2.36 bits per heavy atom. The van der Waals surface area contributed by atoms with E-state index < -0.39 is 5.60 Å². The van der Waals surface area contributed by atoms with Gasteiger partial charge >= 0.3 is 0 Å². The lowest BCUT2D eigenvalue weighted by atomic mass is 9.75. The van der Waals surface area contributed by atoms with Gasteiger partial charge in [0, 0.05) is 5.92 Å². The summed E-state index contributed by atoms with van der Waals surface area (Å²) in [5.74, 6) is 0.209. The SMILES string of the molecule is CC[C@@H]1CCCC[C@]1(O)C#N. The molecule has 0 spiro atoms. The predicted molar refractivity (Wildman–Crippen MR) is 42.8 cm³/mol. The van der Waals surface area contributed by atoms with E-state index in [1.54, 1.807) is 0 Å². The largest absolute Gasteiger partial charge is 0.375 e. The summed E-state index contributed by atoms with van der Waals surface area (Å²) in [6, 6.07) is 2.04. The summed E-state index contributed by atoms with van der Waals surface area (Å²) in [7, 11) is 0. The Labute approximate surface area is 67.8 Å². The first kappa shape index (κ1) is 8.55. The summed E-state index contributed by atoms with van der Waals surface area (Å²) in [5.41, 5.74) is -1.01. The molecule has 1 fully saturated rings. The van der Waals surface area contributed by atoms with Crippen molar-refractivity contribution in [2.75, 3.05) is 0 Å². The van der Waals surface area contributed by atoms with Gasteiger partial charge in [-0.3, -0.25) is 0 Å². The van der Waals surface area contributed by atoms with Crippen LogP contribution in [0.25, 0.3) is 0 Å². The fraction of sp³-hybridized carbons (Fsp3) is 0.889. The van der Waals surface area contributed by atoms with Crippen LogP contribution < -0.4 is 0 Å². The highest BCUT2D eigenvalue weighted by molar-refractivity contribution is 5.05. The van der Waals surface area contributed by atoms with E-state index in [2.05, 4.69) is 0 Å². The van der Waals surface area contributed by atoms with Gasteiger partial charge in [0.1, 0.15) is 0 Å². The molecule has 0 heterocycles. The lowest BCUT2D eigenvalue weighted by Crippen LogP contribution is -2.38. The summed E-state index contributed by atoms with van der Waals surface area (Å²) in [4.78, 5) is 0. The molecule has 0 aromatic carbocycles. The summed E-state index contributed by atoms with van der Waals surface area (Å²) in [6.07, 6.45) is 4.77. The van der Waals surface area contributed by atoms with Crippen molar-refractivity contribution in [2.45, 2.75) is 44.6 Å². The number of nitriles is 1. The molecule has 62 valence electrons. The van der Waals surface area contributed by atoms with Crippen LogP contribution in [0.15, 0.2) is 0 Å². The van der Waals surface area contributed by atoms with Crippen LogP contribution in [0.2, 0.25) is 0 Å². The van der Waals surface area contributed by atoms with E-state index in [1.165, 1.54) is 6.42 Å². The highest BCUT2D eigenvalue weighted by Gasteiger charge is 2.37. The molecular weight excluding hydrogens is 138 g/mol. The molecule has 1 N–H and O–H groups in total. The Morgan fingerprint density at radius 1 is 1.64 bits per heavy atom. The topological polar surface area (TPSA) is 44.0 Å². The Kier molecular flexibility index (Phi) is 2.51. The quantitative estimate of drug-likeness (QED) is 0.584. The maximum Gasteiger partial charge on any atom is 0.153 e. The van der Waals surface area contributed by atoms with Gasteiger partial charge in [0.25, 0.3) is 0 Å². The van der Waals surface area contributed by atoms with Gasteiger partial charge in [0.05, 0.1) is 6.07 Å². The molecule has 2 heteroatoms. The number of hydrogen-bond donors (Lipinski definition) is 1. The van der Waals surface area contributed by atoms with Crippen LogP contribution in [0, 0.1) is 17.2 Å². The lowest BCUT2D eigenvalue weighted by Gasteiger charge is -2.33. The first-order valence-corrected chi connectivity index (χ1v) is 4.36.